The lowest BCUT2D eigenvalue weighted by Gasteiger charge is -2.16. The number of benzene rings is 1. The highest BCUT2D eigenvalue weighted by molar-refractivity contribution is 5.61. The van der Waals surface area contributed by atoms with E-state index in [4.69, 9.17) is 4.74 Å². The third-order valence-electron chi connectivity index (χ3n) is 2.67. The average molecular weight is 189 g/mol. The van der Waals surface area contributed by atoms with E-state index < -0.39 is 0 Å². The second kappa shape index (κ2) is 3.74. The van der Waals surface area contributed by atoms with Gasteiger partial charge >= 0.3 is 0 Å². The van der Waals surface area contributed by atoms with E-state index >= 15 is 0 Å². The molecule has 74 valence electrons. The van der Waals surface area contributed by atoms with Crippen molar-refractivity contribution in [2.75, 3.05) is 14.2 Å². The number of allylic oxidation sites excluding steroid dienone is 1. The van der Waals surface area contributed by atoms with Gasteiger partial charge in [0.1, 0.15) is 5.75 Å². The number of methoxy groups -OCH3 is 1. The molecule has 0 fully saturated rings. The first-order chi connectivity index (χ1) is 6.83. The van der Waals surface area contributed by atoms with E-state index in [0.717, 1.165) is 18.6 Å². The molecule has 0 atom stereocenters. The highest BCUT2D eigenvalue weighted by Crippen LogP contribution is 2.25. The summed E-state index contributed by atoms with van der Waals surface area (Å²) in [5, 5.41) is 3.20. The van der Waals surface area contributed by atoms with Gasteiger partial charge in [-0.25, -0.2) is 0 Å². The lowest BCUT2D eigenvalue weighted by molar-refractivity contribution is 0.414. The third kappa shape index (κ3) is 1.60. The van der Waals surface area contributed by atoms with Gasteiger partial charge in [-0.2, -0.15) is 0 Å². The van der Waals surface area contributed by atoms with Gasteiger partial charge in [0.15, 0.2) is 0 Å². The number of nitrogens with one attached hydrogen (secondary N) is 1. The highest BCUT2D eigenvalue weighted by atomic mass is 16.5. The van der Waals surface area contributed by atoms with Crippen molar-refractivity contribution in [2.45, 2.75) is 12.8 Å². The molecule has 0 amide bonds. The summed E-state index contributed by atoms with van der Waals surface area (Å²) in [6.45, 7) is 0. The van der Waals surface area contributed by atoms with Crippen molar-refractivity contribution < 1.29 is 4.74 Å². The van der Waals surface area contributed by atoms with E-state index in [2.05, 4.69) is 23.5 Å². The number of fused-ring (bicyclic) bond motifs is 1. The van der Waals surface area contributed by atoms with Crippen LogP contribution >= 0.6 is 0 Å². The largest absolute Gasteiger partial charge is 0.497 e. The van der Waals surface area contributed by atoms with Gasteiger partial charge in [-0.1, -0.05) is 6.07 Å². The van der Waals surface area contributed by atoms with Crippen molar-refractivity contribution in [2.24, 2.45) is 0 Å². The normalized spacial score (nSPS) is 14.3. The molecule has 1 N–H and O–H groups in total. The predicted octanol–water partition coefficient (Wildman–Crippen LogP) is 2.20. The van der Waals surface area contributed by atoms with Gasteiger partial charge in [0.05, 0.1) is 7.11 Å². The molecular weight excluding hydrogens is 174 g/mol. The Labute approximate surface area is 84.6 Å². The van der Waals surface area contributed by atoms with E-state index in [9.17, 15) is 0 Å². The van der Waals surface area contributed by atoms with Crippen LogP contribution in [0.25, 0.3) is 6.08 Å². The highest BCUT2D eigenvalue weighted by Gasteiger charge is 2.09. The van der Waals surface area contributed by atoms with Crippen molar-refractivity contribution in [3.63, 3.8) is 0 Å². The van der Waals surface area contributed by atoms with Gasteiger partial charge in [-0.05, 0) is 42.2 Å². The Morgan fingerprint density at radius 3 is 2.86 bits per heavy atom. The molecule has 2 nitrogen and oxygen atoms in total. The fraction of sp³-hybridized carbons (Fsp3) is 0.333. The Hall–Kier alpha value is -1.44. The molecule has 0 aromatic heterocycles. The van der Waals surface area contributed by atoms with Crippen molar-refractivity contribution in [3.05, 3.63) is 35.0 Å². The first-order valence-corrected chi connectivity index (χ1v) is 4.88. The topological polar surface area (TPSA) is 21.3 Å². The smallest absolute Gasteiger partial charge is 0.119 e. The van der Waals surface area contributed by atoms with Gasteiger partial charge in [-0.15, -0.1) is 0 Å². The molecule has 1 aromatic carbocycles. The van der Waals surface area contributed by atoms with Crippen LogP contribution in [0, 0.1) is 0 Å². The third-order valence-corrected chi connectivity index (χ3v) is 2.67. The summed E-state index contributed by atoms with van der Waals surface area (Å²) in [5.74, 6) is 0.928. The number of aryl methyl sites for hydroxylation is 1. The SMILES string of the molecule is CNC1=Cc2cc(OC)ccc2CC1. The van der Waals surface area contributed by atoms with Gasteiger partial charge in [0.2, 0.25) is 0 Å². The zero-order chi connectivity index (χ0) is 9.97. The zero-order valence-corrected chi connectivity index (χ0v) is 8.63. The van der Waals surface area contributed by atoms with Crippen LogP contribution in [0.4, 0.5) is 0 Å². The minimum atomic E-state index is 0.928. The second-order valence-electron chi connectivity index (χ2n) is 3.48. The van der Waals surface area contributed by atoms with Gasteiger partial charge in [0, 0.05) is 12.7 Å². The Morgan fingerprint density at radius 2 is 2.14 bits per heavy atom. The van der Waals surface area contributed by atoms with E-state index in [-0.39, 0.29) is 0 Å². The summed E-state index contributed by atoms with van der Waals surface area (Å²) in [6, 6.07) is 6.26. The molecule has 1 aromatic rings. The summed E-state index contributed by atoms with van der Waals surface area (Å²) in [4.78, 5) is 0. The average Bonchev–Trinajstić information content (AvgIpc) is 2.27. The molecule has 1 aliphatic carbocycles. The standard InChI is InChI=1S/C12H15NO/c1-13-11-5-3-9-4-6-12(14-2)8-10(9)7-11/h4,6-8,13H,3,5H2,1-2H3. The fourth-order valence-corrected chi connectivity index (χ4v) is 1.79. The fourth-order valence-electron chi connectivity index (χ4n) is 1.79. The lowest BCUT2D eigenvalue weighted by atomic mass is 9.95. The summed E-state index contributed by atoms with van der Waals surface area (Å²) in [7, 11) is 3.67. The molecule has 0 bridgehead atoms. The van der Waals surface area contributed by atoms with Gasteiger partial charge in [0.25, 0.3) is 0 Å². The maximum atomic E-state index is 5.20. The first-order valence-electron chi connectivity index (χ1n) is 4.88. The molecule has 0 unspecified atom stereocenters. The van der Waals surface area contributed by atoms with Gasteiger partial charge in [-0.3, -0.25) is 0 Å². The molecule has 0 spiro atoms. The molecular formula is C12H15NO. The van der Waals surface area contributed by atoms with E-state index in [1.54, 1.807) is 7.11 Å². The first kappa shape index (κ1) is 9.13. The summed E-state index contributed by atoms with van der Waals surface area (Å²) in [5.41, 5.74) is 3.98. The number of hydrogen-bond donors (Lipinski definition) is 1. The maximum Gasteiger partial charge on any atom is 0.119 e. The Kier molecular flexibility index (Phi) is 2.44. The van der Waals surface area contributed by atoms with E-state index in [0.29, 0.717) is 0 Å². The van der Waals surface area contributed by atoms with Crippen molar-refractivity contribution in [1.82, 2.24) is 5.32 Å². The predicted molar refractivity (Wildman–Crippen MR) is 58.4 cm³/mol. The summed E-state index contributed by atoms with van der Waals surface area (Å²) >= 11 is 0. The lowest BCUT2D eigenvalue weighted by Crippen LogP contribution is -2.10. The van der Waals surface area contributed by atoms with Crippen LogP contribution in [0.5, 0.6) is 5.75 Å². The van der Waals surface area contributed by atoms with E-state index in [1.165, 1.54) is 16.8 Å². The quantitative estimate of drug-likeness (QED) is 0.770. The maximum absolute atomic E-state index is 5.20. The van der Waals surface area contributed by atoms with Crippen LogP contribution in [-0.2, 0) is 6.42 Å². The monoisotopic (exact) mass is 189 g/mol. The van der Waals surface area contributed by atoms with Gasteiger partial charge < -0.3 is 10.1 Å². The number of ether oxygens (including phenoxy) is 1. The van der Waals surface area contributed by atoms with Crippen LogP contribution in [0.2, 0.25) is 0 Å². The molecule has 0 radical (unpaired) electrons. The number of rotatable bonds is 2. The Morgan fingerprint density at radius 1 is 1.29 bits per heavy atom. The van der Waals surface area contributed by atoms with Crippen LogP contribution in [-0.4, -0.2) is 14.2 Å². The molecule has 0 saturated carbocycles. The molecule has 2 rings (SSSR count). The molecule has 14 heavy (non-hydrogen) atoms. The number of hydrogen-bond acceptors (Lipinski definition) is 2. The van der Waals surface area contributed by atoms with Crippen LogP contribution < -0.4 is 10.1 Å². The molecule has 0 heterocycles. The molecule has 2 heteroatoms. The minimum Gasteiger partial charge on any atom is -0.497 e. The van der Waals surface area contributed by atoms with Crippen molar-refractivity contribution in [1.29, 1.82) is 0 Å². The van der Waals surface area contributed by atoms with Crippen LogP contribution in [0.1, 0.15) is 17.5 Å². The second-order valence-corrected chi connectivity index (χ2v) is 3.48. The van der Waals surface area contributed by atoms with Crippen LogP contribution in [0.15, 0.2) is 23.9 Å². The van der Waals surface area contributed by atoms with Crippen molar-refractivity contribution >= 4 is 6.08 Å². The molecule has 0 saturated heterocycles. The van der Waals surface area contributed by atoms with Crippen molar-refractivity contribution in [3.8, 4) is 5.75 Å². The van der Waals surface area contributed by atoms with E-state index in [1.807, 2.05) is 13.1 Å². The summed E-state index contributed by atoms with van der Waals surface area (Å²) in [6.07, 6.45) is 4.42. The molecule has 0 aliphatic heterocycles. The Balaban J connectivity index is 2.39. The molecule has 1 aliphatic rings. The summed E-state index contributed by atoms with van der Waals surface area (Å²) < 4.78 is 5.20. The zero-order valence-electron chi connectivity index (χ0n) is 8.63. The minimum absolute atomic E-state index is 0.928. The Bertz CT molecular complexity index is 369. The van der Waals surface area contributed by atoms with Crippen LogP contribution in [0.3, 0.4) is 0 Å².